The van der Waals surface area contributed by atoms with Gasteiger partial charge in [-0.25, -0.2) is 8.42 Å². The average Bonchev–Trinajstić information content (AvgIpc) is 2.28. The van der Waals surface area contributed by atoms with Gasteiger partial charge in [-0.2, -0.15) is 0 Å². The zero-order chi connectivity index (χ0) is 12.6. The Labute approximate surface area is 130 Å². The molecule has 5 nitrogen and oxygen atoms in total. The topological polar surface area (TPSA) is 75.7 Å². The van der Waals surface area contributed by atoms with Gasteiger partial charge in [-0.1, -0.05) is 30.3 Å². The molecule has 7 heteroatoms. The maximum Gasteiger partial charge on any atom is 1.00 e. The molecule has 0 aromatic heterocycles. The average molecular weight is 282 g/mol. The van der Waals surface area contributed by atoms with E-state index in [0.29, 0.717) is 13.2 Å². The predicted molar refractivity (Wildman–Crippen MR) is 61.5 cm³/mol. The summed E-state index contributed by atoms with van der Waals surface area (Å²) >= 11 is 0. The van der Waals surface area contributed by atoms with Crippen molar-refractivity contribution in [1.82, 2.24) is 0 Å². The van der Waals surface area contributed by atoms with Crippen LogP contribution in [0.25, 0.3) is 0 Å². The Balaban J connectivity index is 0.00000289. The monoisotopic (exact) mass is 282 g/mol. The third kappa shape index (κ3) is 10.0. The molecule has 0 radical (unpaired) electrons. The number of hydrogen-bond acceptors (Lipinski definition) is 5. The number of hydrogen-bond donors (Lipinski definition) is 0. The van der Waals surface area contributed by atoms with Crippen molar-refractivity contribution in [3.05, 3.63) is 35.9 Å². The summed E-state index contributed by atoms with van der Waals surface area (Å²) in [6.07, 6.45) is 0. The van der Waals surface area contributed by atoms with E-state index in [1.165, 1.54) is 0 Å². The zero-order valence-corrected chi connectivity index (χ0v) is 13.2. The zero-order valence-electron chi connectivity index (χ0n) is 10.4. The maximum absolute atomic E-state index is 10.2. The van der Waals surface area contributed by atoms with Gasteiger partial charge in [0, 0.05) is 0 Å². The first-order valence-corrected chi connectivity index (χ1v) is 6.78. The van der Waals surface area contributed by atoms with Crippen molar-refractivity contribution in [2.75, 3.05) is 25.6 Å². The molecule has 0 spiro atoms. The van der Waals surface area contributed by atoms with E-state index in [1.54, 1.807) is 0 Å². The van der Waals surface area contributed by atoms with Crippen molar-refractivity contribution < 1.29 is 52.0 Å². The number of ether oxygens (including phenoxy) is 2. The largest absolute Gasteiger partial charge is 1.00 e. The standard InChI is InChI=1S/C11H16O5S.Na/c12-17(13,14)9-8-15-6-7-16-10-11-4-2-1-3-5-11;/h1-5H,6-10H2,(H,12,13,14);/q;+1/p-1. The van der Waals surface area contributed by atoms with Crippen LogP contribution in [0.3, 0.4) is 0 Å². The Kier molecular flexibility index (Phi) is 9.94. The molecule has 0 saturated carbocycles. The molecule has 1 rings (SSSR count). The van der Waals surface area contributed by atoms with Gasteiger partial charge in [0.2, 0.25) is 0 Å². The summed E-state index contributed by atoms with van der Waals surface area (Å²) in [7, 11) is -4.18. The smallest absolute Gasteiger partial charge is 0.748 e. The van der Waals surface area contributed by atoms with Gasteiger partial charge in [0.1, 0.15) is 0 Å². The molecule has 0 aliphatic heterocycles. The Morgan fingerprint density at radius 2 is 1.61 bits per heavy atom. The molecule has 0 saturated heterocycles. The summed E-state index contributed by atoms with van der Waals surface area (Å²) in [5, 5.41) is 0. The first-order valence-electron chi connectivity index (χ1n) is 5.21. The predicted octanol–water partition coefficient (Wildman–Crippen LogP) is -2.23. The van der Waals surface area contributed by atoms with Crippen LogP contribution in [0.1, 0.15) is 5.56 Å². The fourth-order valence-corrected chi connectivity index (χ4v) is 1.47. The molecular formula is C11H15NaO5S. The summed E-state index contributed by atoms with van der Waals surface area (Å²) < 4.78 is 41.0. The molecule has 0 unspecified atom stereocenters. The van der Waals surface area contributed by atoms with Gasteiger partial charge >= 0.3 is 29.6 Å². The summed E-state index contributed by atoms with van der Waals surface area (Å²) in [5.41, 5.74) is 1.06. The minimum Gasteiger partial charge on any atom is -0.748 e. The van der Waals surface area contributed by atoms with Crippen LogP contribution in [0.5, 0.6) is 0 Å². The second kappa shape index (κ2) is 9.91. The normalized spacial score (nSPS) is 10.9. The molecule has 0 atom stereocenters. The van der Waals surface area contributed by atoms with Crippen LogP contribution < -0.4 is 29.6 Å². The van der Waals surface area contributed by atoms with Gasteiger partial charge in [0.25, 0.3) is 0 Å². The summed E-state index contributed by atoms with van der Waals surface area (Å²) in [6, 6.07) is 9.67. The molecule has 1 aromatic carbocycles. The first-order chi connectivity index (χ1) is 8.08. The van der Waals surface area contributed by atoms with Crippen molar-refractivity contribution in [3.63, 3.8) is 0 Å². The third-order valence-corrected chi connectivity index (χ3v) is 2.63. The Bertz CT molecular complexity index is 407. The van der Waals surface area contributed by atoms with Gasteiger partial charge in [0.15, 0.2) is 0 Å². The fraction of sp³-hybridized carbons (Fsp3) is 0.455. The van der Waals surface area contributed by atoms with E-state index < -0.39 is 15.9 Å². The van der Waals surface area contributed by atoms with Crippen molar-refractivity contribution in [3.8, 4) is 0 Å². The molecule has 0 bridgehead atoms. The van der Waals surface area contributed by atoms with Crippen LogP contribution in [-0.4, -0.2) is 38.5 Å². The third-order valence-electron chi connectivity index (χ3n) is 1.96. The van der Waals surface area contributed by atoms with Crippen molar-refractivity contribution in [2.24, 2.45) is 0 Å². The second-order valence-corrected chi connectivity index (χ2v) is 4.94. The molecule has 0 amide bonds. The molecule has 0 N–H and O–H groups in total. The van der Waals surface area contributed by atoms with E-state index in [2.05, 4.69) is 0 Å². The second-order valence-electron chi connectivity index (χ2n) is 3.41. The summed E-state index contributed by atoms with van der Waals surface area (Å²) in [5.74, 6) is -0.494. The van der Waals surface area contributed by atoms with Gasteiger partial charge < -0.3 is 14.0 Å². The molecule has 0 fully saturated rings. The Morgan fingerprint density at radius 3 is 2.22 bits per heavy atom. The van der Waals surface area contributed by atoms with Crippen molar-refractivity contribution in [1.29, 1.82) is 0 Å². The van der Waals surface area contributed by atoms with E-state index in [-0.39, 0.29) is 42.8 Å². The van der Waals surface area contributed by atoms with E-state index in [4.69, 9.17) is 9.47 Å². The quantitative estimate of drug-likeness (QED) is 0.306. The van der Waals surface area contributed by atoms with Crippen LogP contribution in [-0.2, 0) is 26.2 Å². The molecular weight excluding hydrogens is 267 g/mol. The molecule has 96 valence electrons. The van der Waals surface area contributed by atoms with Crippen LogP contribution in [0, 0.1) is 0 Å². The van der Waals surface area contributed by atoms with Crippen LogP contribution >= 0.6 is 0 Å². The molecule has 0 aliphatic rings. The fourth-order valence-electron chi connectivity index (χ4n) is 1.15. The minimum atomic E-state index is -4.18. The molecule has 18 heavy (non-hydrogen) atoms. The SMILES string of the molecule is O=S(=O)([O-])CCOCCOCc1ccccc1.[Na+]. The number of benzene rings is 1. The Hall–Kier alpha value is 0.0500. The maximum atomic E-state index is 10.2. The minimum absolute atomic E-state index is 0. The van der Waals surface area contributed by atoms with E-state index in [1.807, 2.05) is 30.3 Å². The first kappa shape index (κ1) is 18.0. The van der Waals surface area contributed by atoms with Crippen LogP contribution in [0.2, 0.25) is 0 Å². The van der Waals surface area contributed by atoms with Crippen LogP contribution in [0.4, 0.5) is 0 Å². The molecule has 0 heterocycles. The van der Waals surface area contributed by atoms with E-state index in [0.717, 1.165) is 5.56 Å². The van der Waals surface area contributed by atoms with Crippen molar-refractivity contribution >= 4 is 10.1 Å². The number of rotatable bonds is 8. The van der Waals surface area contributed by atoms with Gasteiger partial charge in [-0.15, -0.1) is 0 Å². The Morgan fingerprint density at radius 1 is 1.00 bits per heavy atom. The van der Waals surface area contributed by atoms with E-state index in [9.17, 15) is 13.0 Å². The van der Waals surface area contributed by atoms with E-state index >= 15 is 0 Å². The van der Waals surface area contributed by atoms with Gasteiger partial charge in [-0.05, 0) is 5.56 Å². The molecule has 1 aromatic rings. The summed E-state index contributed by atoms with van der Waals surface area (Å²) in [6.45, 7) is 1.06. The molecule has 0 aliphatic carbocycles. The van der Waals surface area contributed by atoms with Gasteiger partial charge in [0.05, 0.1) is 42.3 Å². The summed E-state index contributed by atoms with van der Waals surface area (Å²) in [4.78, 5) is 0. The van der Waals surface area contributed by atoms with Crippen LogP contribution in [0.15, 0.2) is 30.3 Å². The van der Waals surface area contributed by atoms with Crippen molar-refractivity contribution in [2.45, 2.75) is 6.61 Å². The van der Waals surface area contributed by atoms with Gasteiger partial charge in [-0.3, -0.25) is 0 Å².